The van der Waals surface area contributed by atoms with Crippen molar-refractivity contribution in [3.05, 3.63) is 16.1 Å². The third kappa shape index (κ3) is 2.49. The van der Waals surface area contributed by atoms with Gasteiger partial charge < -0.3 is 10.2 Å². The summed E-state index contributed by atoms with van der Waals surface area (Å²) in [6.45, 7) is 7.47. The third-order valence-electron chi connectivity index (χ3n) is 3.47. The van der Waals surface area contributed by atoms with E-state index in [1.165, 1.54) is 4.88 Å². The first kappa shape index (κ1) is 14.0. The maximum absolute atomic E-state index is 12.3. The van der Waals surface area contributed by atoms with E-state index in [-0.39, 0.29) is 17.9 Å². The minimum atomic E-state index is -0.461. The van der Waals surface area contributed by atoms with Crippen LogP contribution in [-0.2, 0) is 16.0 Å². The summed E-state index contributed by atoms with van der Waals surface area (Å²) in [7, 11) is 0. The quantitative estimate of drug-likeness (QED) is 0.913. The highest BCUT2D eigenvalue weighted by molar-refractivity contribution is 7.11. The van der Waals surface area contributed by atoms with Crippen molar-refractivity contribution in [2.24, 2.45) is 0 Å². The Hall–Kier alpha value is -1.43. The minimum absolute atomic E-state index is 0.0483. The van der Waals surface area contributed by atoms with Gasteiger partial charge in [0.15, 0.2) is 0 Å². The van der Waals surface area contributed by atoms with Crippen LogP contribution in [0.2, 0.25) is 0 Å². The first-order valence-electron chi connectivity index (χ1n) is 6.52. The third-order valence-corrected chi connectivity index (χ3v) is 4.79. The summed E-state index contributed by atoms with van der Waals surface area (Å²) < 4.78 is 0. The Morgan fingerprint density at radius 1 is 1.47 bits per heavy atom. The van der Waals surface area contributed by atoms with E-state index < -0.39 is 12.1 Å². The fourth-order valence-corrected chi connectivity index (χ4v) is 3.17. The molecule has 3 unspecified atom stereocenters. The lowest BCUT2D eigenvalue weighted by molar-refractivity contribution is -0.150. The molecule has 1 aromatic heterocycles. The molecule has 0 aliphatic carbocycles. The van der Waals surface area contributed by atoms with Gasteiger partial charge in [0.25, 0.3) is 0 Å². The maximum atomic E-state index is 12.3. The molecule has 0 aromatic carbocycles. The van der Waals surface area contributed by atoms with E-state index in [4.69, 9.17) is 0 Å². The van der Waals surface area contributed by atoms with Gasteiger partial charge in [-0.1, -0.05) is 6.92 Å². The molecule has 2 rings (SSSR count). The fraction of sp³-hybridized carbons (Fsp3) is 0.615. The van der Waals surface area contributed by atoms with Crippen LogP contribution < -0.4 is 5.32 Å². The predicted octanol–water partition coefficient (Wildman–Crippen LogP) is 1.50. The normalized spacial score (nSPS) is 25.4. The van der Waals surface area contributed by atoms with Crippen LogP contribution in [0.15, 0.2) is 6.20 Å². The molecule has 0 bridgehead atoms. The number of carbonyl (C=O) groups excluding carboxylic acids is 2. The number of nitrogens with zero attached hydrogens (tertiary/aromatic N) is 2. The SMILES string of the molecule is CCc1cnc(C(C)N2C(=O)C(C)NC(=O)C2C)s1. The van der Waals surface area contributed by atoms with E-state index in [1.807, 2.05) is 13.1 Å². The van der Waals surface area contributed by atoms with E-state index in [0.29, 0.717) is 0 Å². The number of carbonyl (C=O) groups is 2. The second kappa shape index (κ2) is 5.28. The first-order valence-corrected chi connectivity index (χ1v) is 7.34. The average molecular weight is 281 g/mol. The summed E-state index contributed by atoms with van der Waals surface area (Å²) in [5.41, 5.74) is 0. The second-order valence-corrected chi connectivity index (χ2v) is 5.99. The number of aromatic nitrogens is 1. The minimum Gasteiger partial charge on any atom is -0.343 e. The van der Waals surface area contributed by atoms with E-state index in [9.17, 15) is 9.59 Å². The van der Waals surface area contributed by atoms with Crippen molar-refractivity contribution in [3.8, 4) is 0 Å². The average Bonchev–Trinajstić information content (AvgIpc) is 2.85. The standard InChI is InChI=1S/C13H19N3O2S/c1-5-10-6-14-12(19-10)9(4)16-8(3)11(17)15-7(2)13(16)18/h6-9H,5H2,1-4H3,(H,15,17). The number of thiazole rings is 1. The molecule has 1 aliphatic rings. The fourth-order valence-electron chi connectivity index (χ4n) is 2.26. The Morgan fingerprint density at radius 3 is 2.74 bits per heavy atom. The zero-order chi connectivity index (χ0) is 14.2. The molecule has 1 aliphatic heterocycles. The second-order valence-electron chi connectivity index (χ2n) is 4.85. The summed E-state index contributed by atoms with van der Waals surface area (Å²) >= 11 is 1.60. The molecule has 2 amide bonds. The van der Waals surface area contributed by atoms with Gasteiger partial charge in [-0.25, -0.2) is 4.98 Å². The predicted molar refractivity (Wildman–Crippen MR) is 73.8 cm³/mol. The number of nitrogens with one attached hydrogen (secondary N) is 1. The molecule has 0 saturated carbocycles. The molecule has 0 radical (unpaired) electrons. The molecule has 3 atom stereocenters. The summed E-state index contributed by atoms with van der Waals surface area (Å²) in [5, 5.41) is 3.57. The molecule has 1 aromatic rings. The van der Waals surface area contributed by atoms with E-state index in [2.05, 4.69) is 17.2 Å². The number of amides is 2. The van der Waals surface area contributed by atoms with Gasteiger partial charge in [-0.2, -0.15) is 0 Å². The van der Waals surface area contributed by atoms with Crippen molar-refractivity contribution in [1.29, 1.82) is 0 Å². The zero-order valence-corrected chi connectivity index (χ0v) is 12.5. The lowest BCUT2D eigenvalue weighted by Gasteiger charge is -2.39. The van der Waals surface area contributed by atoms with Crippen molar-refractivity contribution in [1.82, 2.24) is 15.2 Å². The largest absolute Gasteiger partial charge is 0.343 e. The van der Waals surface area contributed by atoms with Crippen LogP contribution in [-0.4, -0.2) is 33.8 Å². The molecule has 1 N–H and O–H groups in total. The highest BCUT2D eigenvalue weighted by Crippen LogP contribution is 2.28. The van der Waals surface area contributed by atoms with Gasteiger partial charge in [0, 0.05) is 11.1 Å². The zero-order valence-electron chi connectivity index (χ0n) is 11.6. The number of hydrogen-bond acceptors (Lipinski definition) is 4. The van der Waals surface area contributed by atoms with E-state index in [0.717, 1.165) is 11.4 Å². The van der Waals surface area contributed by atoms with Crippen molar-refractivity contribution < 1.29 is 9.59 Å². The van der Waals surface area contributed by atoms with E-state index in [1.54, 1.807) is 30.1 Å². The molecule has 104 valence electrons. The Labute approximate surface area is 117 Å². The monoisotopic (exact) mass is 281 g/mol. The summed E-state index contributed by atoms with van der Waals surface area (Å²) in [4.78, 5) is 31.3. The Morgan fingerprint density at radius 2 is 2.16 bits per heavy atom. The Bertz CT molecular complexity index is 500. The number of aryl methyl sites for hydroxylation is 1. The molecular weight excluding hydrogens is 262 g/mol. The van der Waals surface area contributed by atoms with Gasteiger partial charge >= 0.3 is 0 Å². The van der Waals surface area contributed by atoms with Gasteiger partial charge in [-0.3, -0.25) is 9.59 Å². The molecule has 1 fully saturated rings. The van der Waals surface area contributed by atoms with Gasteiger partial charge in [0.1, 0.15) is 17.1 Å². The highest BCUT2D eigenvalue weighted by Gasteiger charge is 2.39. The van der Waals surface area contributed by atoms with Crippen molar-refractivity contribution in [2.75, 3.05) is 0 Å². The van der Waals surface area contributed by atoms with Gasteiger partial charge in [-0.05, 0) is 27.2 Å². The van der Waals surface area contributed by atoms with E-state index >= 15 is 0 Å². The topological polar surface area (TPSA) is 62.3 Å². The molecular formula is C13H19N3O2S. The lowest BCUT2D eigenvalue weighted by Crippen LogP contribution is -2.61. The van der Waals surface area contributed by atoms with Crippen LogP contribution in [0.25, 0.3) is 0 Å². The van der Waals surface area contributed by atoms with Crippen LogP contribution in [0.3, 0.4) is 0 Å². The van der Waals surface area contributed by atoms with Crippen LogP contribution in [0, 0.1) is 0 Å². The van der Waals surface area contributed by atoms with Crippen LogP contribution in [0.5, 0.6) is 0 Å². The first-order chi connectivity index (χ1) is 8.95. The molecule has 0 spiro atoms. The molecule has 6 heteroatoms. The summed E-state index contributed by atoms with van der Waals surface area (Å²) in [5.74, 6) is -0.154. The van der Waals surface area contributed by atoms with Crippen LogP contribution >= 0.6 is 11.3 Å². The van der Waals surface area contributed by atoms with Crippen molar-refractivity contribution in [2.45, 2.75) is 52.2 Å². The Balaban J connectivity index is 2.27. The smallest absolute Gasteiger partial charge is 0.246 e. The number of hydrogen-bond donors (Lipinski definition) is 1. The molecule has 1 saturated heterocycles. The maximum Gasteiger partial charge on any atom is 0.246 e. The number of piperazine rings is 1. The van der Waals surface area contributed by atoms with Crippen LogP contribution in [0.4, 0.5) is 0 Å². The lowest BCUT2D eigenvalue weighted by atomic mass is 10.1. The van der Waals surface area contributed by atoms with Crippen molar-refractivity contribution in [3.63, 3.8) is 0 Å². The molecule has 19 heavy (non-hydrogen) atoms. The van der Waals surface area contributed by atoms with Gasteiger partial charge in [-0.15, -0.1) is 11.3 Å². The van der Waals surface area contributed by atoms with Gasteiger partial charge in [0.05, 0.1) is 6.04 Å². The van der Waals surface area contributed by atoms with Crippen molar-refractivity contribution >= 4 is 23.2 Å². The summed E-state index contributed by atoms with van der Waals surface area (Å²) in [6, 6.07) is -1.08. The molecule has 5 nitrogen and oxygen atoms in total. The molecule has 2 heterocycles. The number of rotatable bonds is 3. The van der Waals surface area contributed by atoms with Crippen LogP contribution in [0.1, 0.15) is 43.6 Å². The summed E-state index contributed by atoms with van der Waals surface area (Å²) in [6.07, 6.45) is 2.78. The van der Waals surface area contributed by atoms with Gasteiger partial charge in [0.2, 0.25) is 11.8 Å². The highest BCUT2D eigenvalue weighted by atomic mass is 32.1. The Kier molecular flexibility index (Phi) is 3.89.